The van der Waals surface area contributed by atoms with E-state index in [4.69, 9.17) is 10.1 Å². The van der Waals surface area contributed by atoms with E-state index in [1.54, 1.807) is 11.0 Å². The van der Waals surface area contributed by atoms with Crippen LogP contribution in [0.3, 0.4) is 0 Å². The molecular formula is C28H30BrN5O5. The van der Waals surface area contributed by atoms with Crippen molar-refractivity contribution in [2.45, 2.75) is 64.0 Å². The number of fused-ring (bicyclic) bond motifs is 2. The summed E-state index contributed by atoms with van der Waals surface area (Å²) in [6.45, 7) is 5.82. The number of hydrogen-bond acceptors (Lipinski definition) is 7. The van der Waals surface area contributed by atoms with Crippen LogP contribution in [0.15, 0.2) is 24.3 Å². The first kappa shape index (κ1) is 28.2. The Hall–Kier alpha value is -3.78. The predicted molar refractivity (Wildman–Crippen MR) is 148 cm³/mol. The Bertz CT molecular complexity index is 1420. The third-order valence-corrected chi connectivity index (χ3v) is 7.11. The molecule has 2 aliphatic heterocycles. The number of hydrogen-bond donors (Lipinski definition) is 2. The zero-order valence-corrected chi connectivity index (χ0v) is 23.7. The Morgan fingerprint density at radius 1 is 1.26 bits per heavy atom. The van der Waals surface area contributed by atoms with Crippen LogP contribution in [0.25, 0.3) is 0 Å². The van der Waals surface area contributed by atoms with Crippen LogP contribution in [0.2, 0.25) is 0 Å². The number of aliphatic carboxylic acids is 1. The van der Waals surface area contributed by atoms with Crippen LogP contribution in [0.4, 0.5) is 5.69 Å². The van der Waals surface area contributed by atoms with Crippen LogP contribution < -0.4 is 9.64 Å². The lowest BCUT2D eigenvalue weighted by atomic mass is 9.83. The number of aromatic nitrogens is 1. The molecule has 2 aromatic rings. The molecule has 3 aliphatic rings. The molecule has 1 atom stereocenters. The number of halogens is 1. The van der Waals surface area contributed by atoms with Crippen LogP contribution in [-0.4, -0.2) is 57.7 Å². The van der Waals surface area contributed by atoms with Crippen molar-refractivity contribution < 1.29 is 24.2 Å². The first-order valence-corrected chi connectivity index (χ1v) is 12.6. The highest BCUT2D eigenvalue weighted by Gasteiger charge is 2.40. The highest BCUT2D eigenvalue weighted by atomic mass is 79.9. The minimum Gasteiger partial charge on any atom is -0.481 e. The topological polar surface area (TPSA) is 148 Å². The quantitative estimate of drug-likeness (QED) is 0.361. The molecule has 39 heavy (non-hydrogen) atoms. The molecule has 1 aliphatic carbocycles. The maximum Gasteiger partial charge on any atom is 0.307 e. The smallest absolute Gasteiger partial charge is 0.307 e. The van der Waals surface area contributed by atoms with Crippen molar-refractivity contribution in [2.24, 2.45) is 0 Å². The van der Waals surface area contributed by atoms with E-state index in [0.29, 0.717) is 35.0 Å². The molecule has 3 heterocycles. The maximum absolute atomic E-state index is 13.6. The van der Waals surface area contributed by atoms with E-state index < -0.39 is 29.8 Å². The summed E-state index contributed by atoms with van der Waals surface area (Å²) in [5.41, 5.74) is 3.22. The molecule has 1 amide bonds. The summed E-state index contributed by atoms with van der Waals surface area (Å²) in [6.07, 6.45) is 0.412. The van der Waals surface area contributed by atoms with Gasteiger partial charge in [-0.15, -0.1) is 17.0 Å². The van der Waals surface area contributed by atoms with Crippen molar-refractivity contribution in [3.63, 3.8) is 0 Å². The van der Waals surface area contributed by atoms with Crippen LogP contribution in [0.5, 0.6) is 5.75 Å². The number of amidine groups is 1. The average Bonchev–Trinajstić information content (AvgIpc) is 3.65. The zero-order chi connectivity index (χ0) is 27.4. The van der Waals surface area contributed by atoms with Gasteiger partial charge in [-0.2, -0.15) is 5.26 Å². The van der Waals surface area contributed by atoms with E-state index in [0.717, 1.165) is 24.1 Å². The molecule has 10 nitrogen and oxygen atoms in total. The molecule has 1 fully saturated rings. The number of benzene rings is 1. The number of nitrogens with one attached hydrogen (secondary N) is 1. The molecule has 11 heteroatoms. The highest BCUT2D eigenvalue weighted by molar-refractivity contribution is 8.93. The number of carbonyl (C=O) groups excluding carboxylic acids is 2. The van der Waals surface area contributed by atoms with Crippen molar-refractivity contribution in [3.8, 4) is 11.8 Å². The lowest BCUT2D eigenvalue weighted by Crippen LogP contribution is -2.47. The highest BCUT2D eigenvalue weighted by Crippen LogP contribution is 2.44. The Morgan fingerprint density at radius 2 is 1.97 bits per heavy atom. The molecule has 0 spiro atoms. The van der Waals surface area contributed by atoms with Crippen molar-refractivity contribution in [2.75, 3.05) is 18.0 Å². The number of carboxylic acid groups (broad SMARTS) is 1. The predicted octanol–water partition coefficient (Wildman–Crippen LogP) is 3.95. The number of anilines is 1. The minimum absolute atomic E-state index is 0. The summed E-state index contributed by atoms with van der Waals surface area (Å²) in [5, 5.41) is 27.3. The Kier molecular flexibility index (Phi) is 7.54. The number of pyridine rings is 1. The molecule has 5 rings (SSSR count). The number of rotatable bonds is 7. The number of carboxylic acids is 1. The number of ether oxygens (including phenoxy) is 1. The Labute approximate surface area is 236 Å². The van der Waals surface area contributed by atoms with E-state index >= 15 is 0 Å². The van der Waals surface area contributed by atoms with Crippen molar-refractivity contribution in [1.29, 1.82) is 10.7 Å². The second kappa shape index (κ2) is 10.4. The summed E-state index contributed by atoms with van der Waals surface area (Å²) >= 11 is 0. The Balaban J connectivity index is 0.00000353. The monoisotopic (exact) mass is 595 g/mol. The van der Waals surface area contributed by atoms with Gasteiger partial charge >= 0.3 is 5.97 Å². The number of carbonyl (C=O) groups is 3. The fourth-order valence-electron chi connectivity index (χ4n) is 4.94. The van der Waals surface area contributed by atoms with Gasteiger partial charge in [0.1, 0.15) is 23.8 Å². The number of ketones is 1. The van der Waals surface area contributed by atoms with Gasteiger partial charge in [0.15, 0.2) is 11.9 Å². The van der Waals surface area contributed by atoms with Crippen molar-refractivity contribution in [1.82, 2.24) is 9.88 Å². The molecule has 1 unspecified atom stereocenters. The molecule has 0 saturated heterocycles. The second-order valence-electron chi connectivity index (χ2n) is 11.1. The standard InChI is InChI=1S/C28H29N5O5.BrH/c1-28(2,3)18-10-17(11-20-25(18)38-22(12-23(35)36)27(37)33(20)9-8-29)21(34)14-32-13-16-6-7-19(15-4-5-15)31-24(16)26(32)30;/h6-7,10-11,15,22,30H,4-5,9,12-14H2,1-3H3,(H,35,36);1H. The normalized spacial score (nSPS) is 18.1. The van der Waals surface area contributed by atoms with Gasteiger partial charge in [0, 0.05) is 34.8 Å². The SMILES string of the molecule is Br.CC(C)(C)c1cc(C(=O)CN2Cc3ccc(C4CC4)nc3C2=N)cc2c1OC(CC(=O)O)C(=O)N2CC#N. The summed E-state index contributed by atoms with van der Waals surface area (Å²) < 4.78 is 5.91. The number of nitriles is 1. The van der Waals surface area contributed by atoms with Crippen LogP contribution in [-0.2, 0) is 21.5 Å². The molecule has 1 aromatic carbocycles. The molecule has 0 bridgehead atoms. The van der Waals surface area contributed by atoms with Gasteiger partial charge in [-0.05, 0) is 36.5 Å². The molecule has 204 valence electrons. The van der Waals surface area contributed by atoms with E-state index in [1.807, 2.05) is 39.0 Å². The maximum atomic E-state index is 13.6. The van der Waals surface area contributed by atoms with E-state index in [1.165, 1.54) is 11.0 Å². The summed E-state index contributed by atoms with van der Waals surface area (Å²) in [4.78, 5) is 45.5. The summed E-state index contributed by atoms with van der Waals surface area (Å²) in [5.74, 6) is -1.11. The summed E-state index contributed by atoms with van der Waals surface area (Å²) in [7, 11) is 0. The van der Waals surface area contributed by atoms with Crippen LogP contribution >= 0.6 is 17.0 Å². The van der Waals surface area contributed by atoms with Gasteiger partial charge in [0.2, 0.25) is 0 Å². The van der Waals surface area contributed by atoms with E-state index in [2.05, 4.69) is 4.98 Å². The first-order chi connectivity index (χ1) is 18.0. The Morgan fingerprint density at radius 3 is 2.59 bits per heavy atom. The molecule has 1 aromatic heterocycles. The average molecular weight is 596 g/mol. The van der Waals surface area contributed by atoms with Crippen LogP contribution in [0, 0.1) is 16.7 Å². The van der Waals surface area contributed by atoms with E-state index in [-0.39, 0.29) is 47.4 Å². The lowest BCUT2D eigenvalue weighted by Gasteiger charge is -2.36. The van der Waals surface area contributed by atoms with Crippen molar-refractivity contribution >= 4 is 46.2 Å². The second-order valence-corrected chi connectivity index (χ2v) is 11.1. The zero-order valence-electron chi connectivity index (χ0n) is 22.0. The van der Waals surface area contributed by atoms with Gasteiger partial charge in [-0.1, -0.05) is 26.8 Å². The van der Waals surface area contributed by atoms with E-state index in [9.17, 15) is 24.8 Å². The fraction of sp³-hybridized carbons (Fsp3) is 0.429. The van der Waals surface area contributed by atoms with Crippen LogP contribution in [0.1, 0.15) is 78.8 Å². The van der Waals surface area contributed by atoms with Gasteiger partial charge in [-0.3, -0.25) is 24.7 Å². The third-order valence-electron chi connectivity index (χ3n) is 7.11. The molecule has 0 radical (unpaired) electrons. The molecular weight excluding hydrogens is 566 g/mol. The molecule has 1 saturated carbocycles. The van der Waals surface area contributed by atoms with Gasteiger partial charge in [-0.25, -0.2) is 4.98 Å². The minimum atomic E-state index is -1.27. The van der Waals surface area contributed by atoms with Crippen molar-refractivity contribution in [3.05, 3.63) is 52.3 Å². The molecule has 2 N–H and O–H groups in total. The number of nitrogens with zero attached hydrogens (tertiary/aromatic N) is 4. The lowest BCUT2D eigenvalue weighted by molar-refractivity contribution is -0.142. The van der Waals surface area contributed by atoms with Gasteiger partial charge < -0.3 is 14.7 Å². The number of Topliss-reactive ketones (excluding diaryl/α,β-unsaturated/α-hetero) is 1. The van der Waals surface area contributed by atoms with Gasteiger partial charge in [0.05, 0.1) is 24.7 Å². The first-order valence-electron chi connectivity index (χ1n) is 12.6. The fourth-order valence-corrected chi connectivity index (χ4v) is 4.94. The largest absolute Gasteiger partial charge is 0.481 e. The third kappa shape index (κ3) is 5.39. The van der Waals surface area contributed by atoms with Gasteiger partial charge in [0.25, 0.3) is 5.91 Å². The number of amides is 1. The summed E-state index contributed by atoms with van der Waals surface area (Å²) in [6, 6.07) is 9.18.